The van der Waals surface area contributed by atoms with Gasteiger partial charge in [-0.05, 0) is 24.3 Å². The summed E-state index contributed by atoms with van der Waals surface area (Å²) >= 11 is 0. The smallest absolute Gasteiger partial charge is 0.349 e. The second-order valence-electron chi connectivity index (χ2n) is 4.84. The molecule has 0 unspecified atom stereocenters. The molecular formula is C15H10N4O5. The van der Waals surface area contributed by atoms with Crippen LogP contribution in [-0.4, -0.2) is 25.9 Å². The van der Waals surface area contributed by atoms with Crippen molar-refractivity contribution in [3.63, 3.8) is 0 Å². The molecule has 0 aliphatic rings. The lowest BCUT2D eigenvalue weighted by Gasteiger charge is -2.01. The van der Waals surface area contributed by atoms with Crippen molar-refractivity contribution in [2.24, 2.45) is 5.10 Å². The Hall–Kier alpha value is -3.75. The Balaban J connectivity index is 2.16. The van der Waals surface area contributed by atoms with Gasteiger partial charge in [0.25, 0.3) is 11.2 Å². The van der Waals surface area contributed by atoms with Crippen LogP contribution in [0.2, 0.25) is 0 Å². The number of nitro benzene ring substituents is 1. The van der Waals surface area contributed by atoms with Crippen LogP contribution in [0.15, 0.2) is 57.2 Å². The second kappa shape index (κ2) is 5.80. The molecule has 120 valence electrons. The third kappa shape index (κ3) is 2.65. The zero-order valence-electron chi connectivity index (χ0n) is 12.0. The van der Waals surface area contributed by atoms with Crippen LogP contribution in [0.25, 0.3) is 10.9 Å². The summed E-state index contributed by atoms with van der Waals surface area (Å²) in [6.45, 7) is 0. The van der Waals surface area contributed by atoms with E-state index in [0.717, 1.165) is 24.4 Å². The minimum atomic E-state index is -0.780. The monoisotopic (exact) mass is 326 g/mol. The van der Waals surface area contributed by atoms with Gasteiger partial charge in [0.1, 0.15) is 5.75 Å². The first-order valence-electron chi connectivity index (χ1n) is 6.73. The van der Waals surface area contributed by atoms with E-state index in [1.54, 1.807) is 18.2 Å². The van der Waals surface area contributed by atoms with Gasteiger partial charge in [0, 0.05) is 6.07 Å². The molecule has 0 saturated heterocycles. The number of H-pyrrole nitrogens is 1. The number of phenolic OH excluding ortho intramolecular Hbond substituents is 1. The molecular weight excluding hydrogens is 316 g/mol. The molecule has 1 heterocycles. The van der Waals surface area contributed by atoms with Gasteiger partial charge in [-0.1, -0.05) is 12.1 Å². The predicted octanol–water partition coefficient (Wildman–Crippen LogP) is 1.19. The van der Waals surface area contributed by atoms with Crippen molar-refractivity contribution in [1.29, 1.82) is 0 Å². The number of nitrogens with zero attached hydrogens (tertiary/aromatic N) is 3. The molecule has 0 saturated carbocycles. The molecule has 2 aromatic carbocycles. The van der Waals surface area contributed by atoms with E-state index in [1.807, 2.05) is 0 Å². The van der Waals surface area contributed by atoms with E-state index in [-0.39, 0.29) is 22.4 Å². The van der Waals surface area contributed by atoms with Crippen LogP contribution in [0.1, 0.15) is 5.56 Å². The number of nitrogens with one attached hydrogen (secondary N) is 1. The highest BCUT2D eigenvalue weighted by Crippen LogP contribution is 2.21. The van der Waals surface area contributed by atoms with Gasteiger partial charge in [-0.25, -0.2) is 4.79 Å². The van der Waals surface area contributed by atoms with Gasteiger partial charge < -0.3 is 10.1 Å². The Bertz CT molecular complexity index is 1100. The third-order valence-corrected chi connectivity index (χ3v) is 3.30. The first-order chi connectivity index (χ1) is 11.5. The first-order valence-corrected chi connectivity index (χ1v) is 6.73. The Morgan fingerprint density at radius 2 is 1.96 bits per heavy atom. The highest BCUT2D eigenvalue weighted by Gasteiger charge is 2.13. The van der Waals surface area contributed by atoms with Crippen molar-refractivity contribution < 1.29 is 10.0 Å². The first kappa shape index (κ1) is 15.2. The SMILES string of the molecule is O=c1[nH]c2ccccc2c(=O)n1N=Cc1cc(O)ccc1[N+](=O)[O-]. The zero-order chi connectivity index (χ0) is 17.3. The molecule has 0 spiro atoms. The van der Waals surface area contributed by atoms with E-state index in [1.165, 1.54) is 6.07 Å². The topological polar surface area (TPSA) is 131 Å². The van der Waals surface area contributed by atoms with E-state index < -0.39 is 16.2 Å². The van der Waals surface area contributed by atoms with Crippen LogP contribution in [0.5, 0.6) is 5.75 Å². The fourth-order valence-corrected chi connectivity index (χ4v) is 2.19. The van der Waals surface area contributed by atoms with Gasteiger partial charge in [0.15, 0.2) is 0 Å². The largest absolute Gasteiger partial charge is 0.508 e. The number of aromatic amines is 1. The number of fused-ring (bicyclic) bond motifs is 1. The van der Waals surface area contributed by atoms with Gasteiger partial charge >= 0.3 is 5.69 Å². The highest BCUT2D eigenvalue weighted by atomic mass is 16.6. The Morgan fingerprint density at radius 3 is 2.71 bits per heavy atom. The maximum absolute atomic E-state index is 12.3. The molecule has 0 fully saturated rings. The quantitative estimate of drug-likeness (QED) is 0.424. The summed E-state index contributed by atoms with van der Waals surface area (Å²) < 4.78 is 0.566. The van der Waals surface area contributed by atoms with Crippen molar-refractivity contribution in [3.8, 4) is 5.75 Å². The molecule has 0 bridgehead atoms. The molecule has 0 aliphatic carbocycles. The lowest BCUT2D eigenvalue weighted by molar-refractivity contribution is -0.385. The standard InChI is InChI=1S/C15H10N4O5/c20-10-5-6-13(19(23)24)9(7-10)8-16-18-14(21)11-3-1-2-4-12(11)17-15(18)22/h1-8,20H,(H,17,22). The maximum atomic E-state index is 12.3. The number of aromatic hydroxyl groups is 1. The highest BCUT2D eigenvalue weighted by molar-refractivity contribution is 5.86. The summed E-state index contributed by atoms with van der Waals surface area (Å²) in [6, 6.07) is 9.77. The number of phenols is 1. The van der Waals surface area contributed by atoms with Crippen LogP contribution in [0.3, 0.4) is 0 Å². The zero-order valence-corrected chi connectivity index (χ0v) is 12.0. The Labute approximate surface area is 133 Å². The Kier molecular flexibility index (Phi) is 3.66. The molecule has 2 N–H and O–H groups in total. The van der Waals surface area contributed by atoms with E-state index in [2.05, 4.69) is 10.1 Å². The number of hydrogen-bond donors (Lipinski definition) is 2. The maximum Gasteiger partial charge on any atom is 0.349 e. The van der Waals surface area contributed by atoms with Crippen LogP contribution in [0, 0.1) is 10.1 Å². The summed E-state index contributed by atoms with van der Waals surface area (Å²) in [4.78, 5) is 37.1. The van der Waals surface area contributed by atoms with E-state index in [4.69, 9.17) is 0 Å². The van der Waals surface area contributed by atoms with Crippen molar-refractivity contribution in [2.45, 2.75) is 0 Å². The van der Waals surface area contributed by atoms with Crippen LogP contribution in [0.4, 0.5) is 5.69 Å². The molecule has 0 atom stereocenters. The van der Waals surface area contributed by atoms with Gasteiger partial charge in [-0.15, -0.1) is 4.68 Å². The fraction of sp³-hybridized carbons (Fsp3) is 0. The Morgan fingerprint density at radius 1 is 1.21 bits per heavy atom. The minimum Gasteiger partial charge on any atom is -0.508 e. The molecule has 3 rings (SSSR count). The summed E-state index contributed by atoms with van der Waals surface area (Å²) in [7, 11) is 0. The van der Waals surface area contributed by atoms with Crippen molar-refractivity contribution in [1.82, 2.24) is 9.66 Å². The van der Waals surface area contributed by atoms with Crippen molar-refractivity contribution in [2.75, 3.05) is 0 Å². The third-order valence-electron chi connectivity index (χ3n) is 3.30. The lowest BCUT2D eigenvalue weighted by Crippen LogP contribution is -2.32. The van der Waals surface area contributed by atoms with Crippen LogP contribution >= 0.6 is 0 Å². The molecule has 9 nitrogen and oxygen atoms in total. The summed E-state index contributed by atoms with van der Waals surface area (Å²) in [5.74, 6) is -0.207. The van der Waals surface area contributed by atoms with E-state index in [9.17, 15) is 24.8 Å². The molecule has 1 aromatic heterocycles. The number of hydrogen-bond acceptors (Lipinski definition) is 6. The summed E-state index contributed by atoms with van der Waals surface area (Å²) in [5.41, 5.74) is -1.44. The molecule has 0 radical (unpaired) electrons. The average molecular weight is 326 g/mol. The summed E-state index contributed by atoms with van der Waals surface area (Å²) in [5, 5.41) is 24.4. The van der Waals surface area contributed by atoms with Crippen molar-refractivity contribution >= 4 is 22.8 Å². The molecule has 24 heavy (non-hydrogen) atoms. The number of rotatable bonds is 3. The van der Waals surface area contributed by atoms with Gasteiger partial charge in [0.2, 0.25) is 0 Å². The van der Waals surface area contributed by atoms with Gasteiger partial charge in [-0.2, -0.15) is 5.10 Å². The van der Waals surface area contributed by atoms with Crippen molar-refractivity contribution in [3.05, 3.63) is 79.0 Å². The lowest BCUT2D eigenvalue weighted by atomic mass is 10.2. The number of aromatic nitrogens is 2. The van der Waals surface area contributed by atoms with Gasteiger partial charge in [0.05, 0.1) is 27.6 Å². The average Bonchev–Trinajstić information content (AvgIpc) is 2.54. The number of para-hydroxylation sites is 1. The van der Waals surface area contributed by atoms with Crippen LogP contribution in [-0.2, 0) is 0 Å². The normalized spacial score (nSPS) is 11.2. The van der Waals surface area contributed by atoms with Gasteiger partial charge in [-0.3, -0.25) is 14.9 Å². The van der Waals surface area contributed by atoms with Crippen LogP contribution < -0.4 is 11.2 Å². The summed E-state index contributed by atoms with van der Waals surface area (Å²) in [6.07, 6.45) is 0.975. The number of benzene rings is 2. The molecule has 0 aliphatic heterocycles. The molecule has 0 amide bonds. The molecule has 3 aromatic rings. The molecule has 9 heteroatoms. The minimum absolute atomic E-state index is 0.0422. The fourth-order valence-electron chi connectivity index (χ4n) is 2.19. The second-order valence-corrected chi connectivity index (χ2v) is 4.84. The van der Waals surface area contributed by atoms with E-state index >= 15 is 0 Å². The predicted molar refractivity (Wildman–Crippen MR) is 86.6 cm³/mol. The number of nitro groups is 1. The van der Waals surface area contributed by atoms with E-state index in [0.29, 0.717) is 10.2 Å².